The van der Waals surface area contributed by atoms with Crippen LogP contribution in [0.5, 0.6) is 0 Å². The zero-order valence-electron chi connectivity index (χ0n) is 27.2. The van der Waals surface area contributed by atoms with Gasteiger partial charge < -0.3 is 0 Å². The molecule has 0 atom stereocenters. The predicted octanol–water partition coefficient (Wildman–Crippen LogP) is 12.6. The Labute approximate surface area is 291 Å². The van der Waals surface area contributed by atoms with E-state index in [1.807, 2.05) is 0 Å². The van der Waals surface area contributed by atoms with E-state index in [4.69, 9.17) is 4.98 Å². The molecule has 9 aromatic rings. The molecule has 3 nitrogen and oxygen atoms in total. The van der Waals surface area contributed by atoms with Crippen LogP contribution in [0.1, 0.15) is 0 Å². The molecule has 1 aliphatic rings. The Balaban J connectivity index is 1.23. The molecule has 0 fully saturated rings. The van der Waals surface area contributed by atoms with Crippen molar-refractivity contribution in [2.45, 2.75) is 0 Å². The van der Waals surface area contributed by atoms with Gasteiger partial charge in [-0.05, 0) is 76.5 Å². The third-order valence-corrected chi connectivity index (χ3v) is 9.86. The number of rotatable bonds is 4. The number of hydrogen-bond donors (Lipinski definition) is 0. The summed E-state index contributed by atoms with van der Waals surface area (Å²) in [6.45, 7) is 0. The van der Waals surface area contributed by atoms with Crippen LogP contribution < -0.4 is 4.90 Å². The minimum atomic E-state index is 0.953. The first-order valence-corrected chi connectivity index (χ1v) is 17.1. The lowest BCUT2D eigenvalue weighted by Crippen LogP contribution is -2.13. The van der Waals surface area contributed by atoms with Crippen molar-refractivity contribution in [1.82, 2.24) is 9.55 Å². The van der Waals surface area contributed by atoms with Gasteiger partial charge in [-0.15, -0.1) is 0 Å². The molecule has 0 radical (unpaired) electrons. The number of benzene rings is 7. The molecular formula is C47H31N3. The fourth-order valence-corrected chi connectivity index (χ4v) is 7.51. The molecule has 0 saturated heterocycles. The quantitative estimate of drug-likeness (QED) is 0.191. The molecule has 50 heavy (non-hydrogen) atoms. The highest BCUT2D eigenvalue weighted by atomic mass is 15.3. The maximum absolute atomic E-state index is 5.15. The summed E-state index contributed by atoms with van der Waals surface area (Å²) in [6.07, 6.45) is 0. The first-order chi connectivity index (χ1) is 24.8. The van der Waals surface area contributed by atoms with Crippen LogP contribution in [0, 0.1) is 0 Å². The van der Waals surface area contributed by atoms with Crippen molar-refractivity contribution in [3.05, 3.63) is 188 Å². The number of nitrogens with zero attached hydrogens (tertiary/aromatic N) is 3. The van der Waals surface area contributed by atoms with E-state index in [2.05, 4.69) is 198 Å². The van der Waals surface area contributed by atoms with Gasteiger partial charge in [-0.3, -0.25) is 9.47 Å². The summed E-state index contributed by atoms with van der Waals surface area (Å²) in [5.74, 6) is 1.11. The first kappa shape index (κ1) is 28.3. The molecule has 10 rings (SSSR count). The molecule has 0 spiro atoms. The van der Waals surface area contributed by atoms with Gasteiger partial charge >= 0.3 is 0 Å². The summed E-state index contributed by atoms with van der Waals surface area (Å²) in [5, 5.41) is 3.64. The summed E-state index contributed by atoms with van der Waals surface area (Å²) in [7, 11) is 0. The molecule has 3 heterocycles. The SMILES string of the molecule is c1ccc(-c2cc(-c3cccc(N4c5cc6ccccc6cc5-c5ccccc5-n5c4cc4ccccc45)c3)cc(-c3ccccc3)n2)cc1. The van der Waals surface area contributed by atoms with E-state index in [1.165, 1.54) is 38.5 Å². The number of para-hydroxylation sites is 2. The lowest BCUT2D eigenvalue weighted by Gasteiger charge is -2.27. The van der Waals surface area contributed by atoms with Gasteiger partial charge in [0.25, 0.3) is 0 Å². The third kappa shape index (κ3) is 4.63. The van der Waals surface area contributed by atoms with Crippen molar-refractivity contribution < 1.29 is 0 Å². The molecule has 0 saturated carbocycles. The standard InChI is InChI=1S/C47H31N3/c1-3-14-32(15-4-1)42-28-38(29-43(48-42)33-16-5-2-6-17-33)34-21-13-22-39(26-34)49-46-30-36-19-8-7-18-35(36)27-41(46)40-23-10-12-25-45(40)50-44-24-11-9-20-37(44)31-47(49)50/h1-31H. The lowest BCUT2D eigenvalue weighted by atomic mass is 9.96. The second-order valence-corrected chi connectivity index (χ2v) is 12.9. The Bertz CT molecular complexity index is 2650. The van der Waals surface area contributed by atoms with Gasteiger partial charge in [0.1, 0.15) is 5.82 Å². The van der Waals surface area contributed by atoms with Crippen molar-refractivity contribution in [2.24, 2.45) is 0 Å². The van der Waals surface area contributed by atoms with Gasteiger partial charge in [-0.1, -0.05) is 133 Å². The largest absolute Gasteiger partial charge is 0.295 e. The van der Waals surface area contributed by atoms with E-state index in [1.54, 1.807) is 0 Å². The first-order valence-electron chi connectivity index (χ1n) is 17.1. The van der Waals surface area contributed by atoms with Crippen LogP contribution in [0.4, 0.5) is 17.2 Å². The van der Waals surface area contributed by atoms with E-state index < -0.39 is 0 Å². The minimum absolute atomic E-state index is 0.953. The van der Waals surface area contributed by atoms with Gasteiger partial charge in [0.2, 0.25) is 0 Å². The lowest BCUT2D eigenvalue weighted by molar-refractivity contribution is 1.09. The number of aromatic nitrogens is 2. The fraction of sp³-hybridized carbons (Fsp3) is 0. The number of pyridine rings is 1. The molecule has 2 aromatic heterocycles. The highest BCUT2D eigenvalue weighted by molar-refractivity contribution is 6.04. The van der Waals surface area contributed by atoms with E-state index >= 15 is 0 Å². The van der Waals surface area contributed by atoms with Crippen LogP contribution in [-0.4, -0.2) is 9.55 Å². The summed E-state index contributed by atoms with van der Waals surface area (Å²) in [5.41, 5.74) is 13.4. The molecule has 0 N–H and O–H groups in total. The second-order valence-electron chi connectivity index (χ2n) is 12.9. The summed E-state index contributed by atoms with van der Waals surface area (Å²) < 4.78 is 2.43. The maximum atomic E-state index is 5.15. The summed E-state index contributed by atoms with van der Waals surface area (Å²) in [6, 6.07) is 67.5. The van der Waals surface area contributed by atoms with E-state index in [9.17, 15) is 0 Å². The number of fused-ring (bicyclic) bond motifs is 8. The molecule has 0 aliphatic carbocycles. The smallest absolute Gasteiger partial charge is 0.123 e. The average Bonchev–Trinajstić information content (AvgIpc) is 3.52. The van der Waals surface area contributed by atoms with E-state index in [0.717, 1.165) is 50.8 Å². The molecule has 0 amide bonds. The summed E-state index contributed by atoms with van der Waals surface area (Å²) in [4.78, 5) is 7.59. The van der Waals surface area contributed by atoms with Gasteiger partial charge in [0.15, 0.2) is 0 Å². The molecule has 234 valence electrons. The predicted molar refractivity (Wildman–Crippen MR) is 209 cm³/mol. The van der Waals surface area contributed by atoms with E-state index in [-0.39, 0.29) is 0 Å². The van der Waals surface area contributed by atoms with Crippen LogP contribution in [0.15, 0.2) is 188 Å². The Morgan fingerprint density at radius 1 is 0.360 bits per heavy atom. The van der Waals surface area contributed by atoms with Crippen LogP contribution in [-0.2, 0) is 0 Å². The van der Waals surface area contributed by atoms with Gasteiger partial charge in [-0.25, -0.2) is 4.98 Å². The highest BCUT2D eigenvalue weighted by Crippen LogP contribution is 2.50. The average molecular weight is 638 g/mol. The van der Waals surface area contributed by atoms with Crippen LogP contribution in [0.3, 0.4) is 0 Å². The Kier molecular flexibility index (Phi) is 6.49. The van der Waals surface area contributed by atoms with Crippen LogP contribution >= 0.6 is 0 Å². The van der Waals surface area contributed by atoms with Crippen molar-refractivity contribution in [3.8, 4) is 50.5 Å². The maximum Gasteiger partial charge on any atom is 0.123 e. The monoisotopic (exact) mass is 637 g/mol. The molecular weight excluding hydrogens is 607 g/mol. The van der Waals surface area contributed by atoms with Crippen LogP contribution in [0.25, 0.3) is 72.1 Å². The molecule has 1 aliphatic heterocycles. The Morgan fingerprint density at radius 2 is 0.960 bits per heavy atom. The Hall–Kier alpha value is -6.71. The topological polar surface area (TPSA) is 21.1 Å². The van der Waals surface area contributed by atoms with Gasteiger partial charge in [0, 0.05) is 33.3 Å². The highest BCUT2D eigenvalue weighted by Gasteiger charge is 2.28. The zero-order chi connectivity index (χ0) is 33.0. The molecule has 7 aromatic carbocycles. The zero-order valence-corrected chi connectivity index (χ0v) is 27.2. The second kappa shape index (κ2) is 11.5. The number of anilines is 3. The van der Waals surface area contributed by atoms with Crippen molar-refractivity contribution >= 4 is 38.9 Å². The Morgan fingerprint density at radius 3 is 1.70 bits per heavy atom. The van der Waals surface area contributed by atoms with Crippen LogP contribution in [0.2, 0.25) is 0 Å². The summed E-state index contributed by atoms with van der Waals surface area (Å²) >= 11 is 0. The van der Waals surface area contributed by atoms with Crippen molar-refractivity contribution in [2.75, 3.05) is 4.90 Å². The molecule has 0 unspecified atom stereocenters. The molecule has 3 heteroatoms. The third-order valence-electron chi connectivity index (χ3n) is 9.86. The normalized spacial score (nSPS) is 12.0. The number of hydrogen-bond acceptors (Lipinski definition) is 2. The minimum Gasteiger partial charge on any atom is -0.295 e. The van der Waals surface area contributed by atoms with Gasteiger partial charge in [0.05, 0.1) is 28.3 Å². The molecule has 0 bridgehead atoms. The van der Waals surface area contributed by atoms with E-state index in [0.29, 0.717) is 0 Å². The van der Waals surface area contributed by atoms with Crippen molar-refractivity contribution in [3.63, 3.8) is 0 Å². The fourth-order valence-electron chi connectivity index (χ4n) is 7.51. The van der Waals surface area contributed by atoms with Crippen molar-refractivity contribution in [1.29, 1.82) is 0 Å². The van der Waals surface area contributed by atoms with Gasteiger partial charge in [-0.2, -0.15) is 0 Å².